The van der Waals surface area contributed by atoms with Crippen molar-refractivity contribution in [3.8, 4) is 0 Å². The lowest BCUT2D eigenvalue weighted by atomic mass is 10.1. The summed E-state index contributed by atoms with van der Waals surface area (Å²) in [4.78, 5) is 2.41. The molecule has 0 unspecified atom stereocenters. The van der Waals surface area contributed by atoms with E-state index in [1.807, 2.05) is 0 Å². The molecule has 0 aliphatic carbocycles. The van der Waals surface area contributed by atoms with Crippen LogP contribution in [0, 0.1) is 11.8 Å². The molecule has 0 saturated carbocycles. The van der Waals surface area contributed by atoms with E-state index in [0.717, 1.165) is 30.3 Å². The van der Waals surface area contributed by atoms with Gasteiger partial charge in [-0.2, -0.15) is 0 Å². The molecule has 1 rings (SSSR count). The van der Waals surface area contributed by atoms with Gasteiger partial charge >= 0.3 is 0 Å². The van der Waals surface area contributed by atoms with Crippen LogP contribution in [0.5, 0.6) is 0 Å². The average Bonchev–Trinajstić information content (AvgIpc) is 2.34. The van der Waals surface area contributed by atoms with Crippen LogP contribution in [0.1, 0.15) is 47.1 Å². The van der Waals surface area contributed by atoms with Crippen molar-refractivity contribution in [1.29, 1.82) is 0 Å². The smallest absolute Gasteiger partial charge is 0.0642 e. The van der Waals surface area contributed by atoms with Gasteiger partial charge in [0.15, 0.2) is 0 Å². The molecular weight excluding hydrogens is 280 g/mol. The quantitative estimate of drug-likeness (QED) is 0.730. The minimum atomic E-state index is 0.488. The fraction of sp³-hybridized carbons (Fsp3) is 0.667. The number of nitrogens with one attached hydrogen (secondary N) is 1. The molecule has 1 aromatic carbocycles. The van der Waals surface area contributed by atoms with E-state index in [1.54, 1.807) is 0 Å². The lowest BCUT2D eigenvalue weighted by Crippen LogP contribution is -2.31. The third-order valence-electron chi connectivity index (χ3n) is 3.24. The van der Waals surface area contributed by atoms with Crippen molar-refractivity contribution in [2.75, 3.05) is 18.0 Å². The molecule has 3 heteroatoms. The van der Waals surface area contributed by atoms with Crippen molar-refractivity contribution in [3.63, 3.8) is 0 Å². The van der Waals surface area contributed by atoms with Gasteiger partial charge in [-0.25, -0.2) is 0 Å². The van der Waals surface area contributed by atoms with Crippen LogP contribution < -0.4 is 10.2 Å². The lowest BCUT2D eigenvalue weighted by molar-refractivity contribution is 0.552. The number of benzene rings is 1. The van der Waals surface area contributed by atoms with Crippen LogP contribution in [0.4, 0.5) is 5.69 Å². The molecule has 0 aromatic heterocycles. The Morgan fingerprint density at radius 1 is 1.00 bits per heavy atom. The minimum Gasteiger partial charge on any atom is -0.370 e. The van der Waals surface area contributed by atoms with Gasteiger partial charge in [-0.1, -0.05) is 59.2 Å². The molecule has 0 bridgehead atoms. The summed E-state index contributed by atoms with van der Waals surface area (Å²) in [5.74, 6) is 1.25. The first-order valence-electron chi connectivity index (χ1n) is 8.06. The Morgan fingerprint density at radius 3 is 2.00 bits per heavy atom. The third-order valence-corrected chi connectivity index (χ3v) is 3.54. The first-order chi connectivity index (χ1) is 9.79. The molecule has 0 fully saturated rings. The number of nitrogens with zero attached hydrogens (tertiary/aromatic N) is 1. The second-order valence-electron chi connectivity index (χ2n) is 7.01. The van der Waals surface area contributed by atoms with Crippen molar-refractivity contribution < 1.29 is 0 Å². The van der Waals surface area contributed by atoms with Crippen LogP contribution in [0.15, 0.2) is 18.2 Å². The molecule has 120 valence electrons. The first kappa shape index (κ1) is 18.3. The average molecular weight is 311 g/mol. The summed E-state index contributed by atoms with van der Waals surface area (Å²) >= 11 is 6.54. The number of rotatable bonds is 8. The summed E-state index contributed by atoms with van der Waals surface area (Å²) in [6.07, 6.45) is 0. The van der Waals surface area contributed by atoms with Crippen molar-refractivity contribution in [2.24, 2.45) is 11.8 Å². The zero-order valence-electron chi connectivity index (χ0n) is 14.4. The van der Waals surface area contributed by atoms with E-state index in [2.05, 4.69) is 70.0 Å². The van der Waals surface area contributed by atoms with Gasteiger partial charge in [0.05, 0.1) is 10.7 Å². The zero-order valence-corrected chi connectivity index (χ0v) is 15.2. The van der Waals surface area contributed by atoms with Gasteiger partial charge in [0.2, 0.25) is 0 Å². The van der Waals surface area contributed by atoms with E-state index >= 15 is 0 Å². The van der Waals surface area contributed by atoms with Crippen LogP contribution in [-0.4, -0.2) is 19.1 Å². The van der Waals surface area contributed by atoms with Gasteiger partial charge in [-0.05, 0) is 29.5 Å². The van der Waals surface area contributed by atoms with Crippen LogP contribution in [0.25, 0.3) is 0 Å². The molecule has 21 heavy (non-hydrogen) atoms. The summed E-state index contributed by atoms with van der Waals surface area (Å²) < 4.78 is 0. The fourth-order valence-corrected chi connectivity index (χ4v) is 2.71. The molecule has 0 saturated heterocycles. The number of halogens is 1. The van der Waals surface area contributed by atoms with E-state index in [0.29, 0.717) is 17.9 Å². The predicted octanol–water partition coefficient (Wildman–Crippen LogP) is 4.96. The molecular formula is C18H31ClN2. The van der Waals surface area contributed by atoms with Gasteiger partial charge in [-0.3, -0.25) is 0 Å². The molecule has 0 atom stereocenters. The van der Waals surface area contributed by atoms with Gasteiger partial charge in [0.25, 0.3) is 0 Å². The molecule has 0 heterocycles. The zero-order chi connectivity index (χ0) is 16.0. The molecule has 0 amide bonds. The monoisotopic (exact) mass is 310 g/mol. The number of anilines is 1. The summed E-state index contributed by atoms with van der Waals surface area (Å²) in [5, 5.41) is 4.29. The summed E-state index contributed by atoms with van der Waals surface area (Å²) in [7, 11) is 0. The van der Waals surface area contributed by atoms with Crippen molar-refractivity contribution in [3.05, 3.63) is 28.8 Å². The van der Waals surface area contributed by atoms with E-state index in [9.17, 15) is 0 Å². The maximum Gasteiger partial charge on any atom is 0.0642 e. The largest absolute Gasteiger partial charge is 0.370 e. The summed E-state index contributed by atoms with van der Waals surface area (Å²) in [6, 6.07) is 6.94. The molecule has 0 aliphatic heterocycles. The fourth-order valence-electron chi connectivity index (χ4n) is 2.39. The summed E-state index contributed by atoms with van der Waals surface area (Å²) in [6.45, 7) is 16.3. The van der Waals surface area contributed by atoms with Crippen molar-refractivity contribution >= 4 is 17.3 Å². The molecule has 0 spiro atoms. The van der Waals surface area contributed by atoms with Crippen LogP contribution >= 0.6 is 11.6 Å². The normalized spacial score (nSPS) is 11.7. The standard InChI is InChI=1S/C18H31ClN2/c1-13(2)11-21(12-14(3)4)18-8-7-16(9-17(18)19)10-20-15(5)6/h7-9,13-15,20H,10-12H2,1-6H3. The predicted molar refractivity (Wildman–Crippen MR) is 95.3 cm³/mol. The van der Waals surface area contributed by atoms with Crippen LogP contribution in [0.3, 0.4) is 0 Å². The summed E-state index contributed by atoms with van der Waals surface area (Å²) in [5.41, 5.74) is 2.40. The first-order valence-corrected chi connectivity index (χ1v) is 8.44. The van der Waals surface area contributed by atoms with E-state index in [4.69, 9.17) is 11.6 Å². The topological polar surface area (TPSA) is 15.3 Å². The lowest BCUT2D eigenvalue weighted by Gasteiger charge is -2.29. The Morgan fingerprint density at radius 2 is 1.57 bits per heavy atom. The second-order valence-corrected chi connectivity index (χ2v) is 7.42. The molecule has 0 aliphatic rings. The van der Waals surface area contributed by atoms with Crippen molar-refractivity contribution in [1.82, 2.24) is 5.32 Å². The van der Waals surface area contributed by atoms with Gasteiger partial charge < -0.3 is 10.2 Å². The Bertz CT molecular complexity index is 417. The molecule has 2 nitrogen and oxygen atoms in total. The van der Waals surface area contributed by atoms with Gasteiger partial charge in [0.1, 0.15) is 0 Å². The maximum absolute atomic E-state index is 6.54. The highest BCUT2D eigenvalue weighted by molar-refractivity contribution is 6.33. The highest BCUT2D eigenvalue weighted by atomic mass is 35.5. The minimum absolute atomic E-state index is 0.488. The third kappa shape index (κ3) is 6.71. The van der Waals surface area contributed by atoms with E-state index in [-0.39, 0.29) is 0 Å². The molecule has 1 N–H and O–H groups in total. The highest BCUT2D eigenvalue weighted by Gasteiger charge is 2.14. The van der Waals surface area contributed by atoms with E-state index in [1.165, 1.54) is 5.56 Å². The second kappa shape index (κ2) is 8.65. The number of hydrogen-bond donors (Lipinski definition) is 1. The van der Waals surface area contributed by atoms with Crippen molar-refractivity contribution in [2.45, 2.75) is 54.1 Å². The van der Waals surface area contributed by atoms with Crippen LogP contribution in [0.2, 0.25) is 5.02 Å². The Hall–Kier alpha value is -0.730. The molecule has 1 aromatic rings. The van der Waals surface area contributed by atoms with Gasteiger partial charge in [-0.15, -0.1) is 0 Å². The SMILES string of the molecule is CC(C)CN(CC(C)C)c1ccc(CNC(C)C)cc1Cl. The number of hydrogen-bond acceptors (Lipinski definition) is 2. The maximum atomic E-state index is 6.54. The van der Waals surface area contributed by atoms with E-state index < -0.39 is 0 Å². The van der Waals surface area contributed by atoms with Crippen LogP contribution in [-0.2, 0) is 6.54 Å². The Kier molecular flexibility index (Phi) is 7.55. The molecule has 0 radical (unpaired) electrons. The highest BCUT2D eigenvalue weighted by Crippen LogP contribution is 2.28. The Balaban J connectivity index is 2.88. The Labute approximate surface area is 135 Å². The van der Waals surface area contributed by atoms with Gasteiger partial charge in [0, 0.05) is 25.7 Å².